The fourth-order valence-electron chi connectivity index (χ4n) is 2.34. The molecule has 0 bridgehead atoms. The third kappa shape index (κ3) is 3.19. The van der Waals surface area contributed by atoms with Crippen LogP contribution in [0.3, 0.4) is 0 Å². The largest absolute Gasteiger partial charge is 0.299 e. The Kier molecular flexibility index (Phi) is 4.19. The zero-order chi connectivity index (χ0) is 11.4. The van der Waals surface area contributed by atoms with Crippen LogP contribution in [0.2, 0.25) is 0 Å². The molecule has 2 rings (SSSR count). The van der Waals surface area contributed by atoms with Gasteiger partial charge in [-0.3, -0.25) is 4.90 Å². The van der Waals surface area contributed by atoms with Crippen molar-refractivity contribution in [2.45, 2.75) is 19.4 Å². The van der Waals surface area contributed by atoms with Gasteiger partial charge in [0.05, 0.1) is 0 Å². The second-order valence-corrected chi connectivity index (χ2v) is 4.88. The summed E-state index contributed by atoms with van der Waals surface area (Å²) in [7, 11) is 0. The van der Waals surface area contributed by atoms with E-state index >= 15 is 0 Å². The van der Waals surface area contributed by atoms with Crippen molar-refractivity contribution in [3.8, 4) is 0 Å². The molecule has 0 aliphatic carbocycles. The first kappa shape index (κ1) is 11.9. The van der Waals surface area contributed by atoms with Crippen LogP contribution in [0.4, 0.5) is 4.39 Å². The van der Waals surface area contributed by atoms with Crippen molar-refractivity contribution in [2.75, 3.05) is 19.0 Å². The highest BCUT2D eigenvalue weighted by Crippen LogP contribution is 2.21. The predicted octanol–water partition coefficient (Wildman–Crippen LogP) is 3.28. The highest BCUT2D eigenvalue weighted by Gasteiger charge is 2.21. The lowest BCUT2D eigenvalue weighted by Crippen LogP contribution is -2.20. The molecular weight excluding hydrogens is 225 g/mol. The maximum Gasteiger partial charge on any atom is 0.123 e. The Balaban J connectivity index is 1.87. The molecule has 16 heavy (non-hydrogen) atoms. The smallest absolute Gasteiger partial charge is 0.123 e. The fourth-order valence-corrected chi connectivity index (χ4v) is 2.65. The van der Waals surface area contributed by atoms with Crippen molar-refractivity contribution >= 4 is 11.6 Å². The van der Waals surface area contributed by atoms with Gasteiger partial charge in [-0.05, 0) is 43.0 Å². The van der Waals surface area contributed by atoms with Crippen LogP contribution in [-0.4, -0.2) is 23.9 Å². The average Bonchev–Trinajstić information content (AvgIpc) is 2.66. The van der Waals surface area contributed by atoms with Gasteiger partial charge in [0.2, 0.25) is 0 Å². The van der Waals surface area contributed by atoms with Gasteiger partial charge in [0.1, 0.15) is 5.82 Å². The number of likely N-dealkylation sites (tertiary alicyclic amines) is 1. The molecule has 1 unspecified atom stereocenters. The second kappa shape index (κ2) is 5.65. The number of alkyl halides is 1. The Morgan fingerprint density at radius 3 is 3.06 bits per heavy atom. The van der Waals surface area contributed by atoms with Gasteiger partial charge in [0.15, 0.2) is 0 Å². The Labute approximate surface area is 101 Å². The SMILES string of the molecule is Fc1cccc(CN2CCC(CCCl)C2)c1. The standard InChI is InChI=1S/C13H17ClFN/c14-6-4-11-5-7-16(9-11)10-12-2-1-3-13(15)8-12/h1-3,8,11H,4-7,9-10H2. The van der Waals surface area contributed by atoms with Crippen molar-refractivity contribution in [3.05, 3.63) is 35.6 Å². The van der Waals surface area contributed by atoms with Crippen LogP contribution in [-0.2, 0) is 6.54 Å². The molecule has 1 nitrogen and oxygen atoms in total. The van der Waals surface area contributed by atoms with Gasteiger partial charge in [-0.2, -0.15) is 0 Å². The highest BCUT2D eigenvalue weighted by molar-refractivity contribution is 6.17. The zero-order valence-electron chi connectivity index (χ0n) is 9.33. The first-order valence-corrected chi connectivity index (χ1v) is 6.34. The second-order valence-electron chi connectivity index (χ2n) is 4.50. The molecule has 88 valence electrons. The van der Waals surface area contributed by atoms with Crippen LogP contribution in [0.25, 0.3) is 0 Å². The van der Waals surface area contributed by atoms with Crippen LogP contribution in [0.1, 0.15) is 18.4 Å². The molecule has 1 saturated heterocycles. The number of rotatable bonds is 4. The number of hydrogen-bond donors (Lipinski definition) is 0. The van der Waals surface area contributed by atoms with Crippen LogP contribution < -0.4 is 0 Å². The molecule has 0 radical (unpaired) electrons. The van der Waals surface area contributed by atoms with E-state index < -0.39 is 0 Å². The number of halogens is 2. The summed E-state index contributed by atoms with van der Waals surface area (Å²) in [4.78, 5) is 2.38. The molecule has 1 heterocycles. The Hall–Kier alpha value is -0.600. The quantitative estimate of drug-likeness (QED) is 0.732. The normalized spacial score (nSPS) is 21.5. The summed E-state index contributed by atoms with van der Waals surface area (Å²) in [6.45, 7) is 3.07. The van der Waals surface area contributed by atoms with E-state index in [0.29, 0.717) is 0 Å². The maximum absolute atomic E-state index is 13.0. The monoisotopic (exact) mass is 241 g/mol. The van der Waals surface area contributed by atoms with Crippen molar-refractivity contribution in [1.29, 1.82) is 0 Å². The molecule has 1 aliphatic heterocycles. The van der Waals surface area contributed by atoms with Gasteiger partial charge in [-0.15, -0.1) is 11.6 Å². The Bertz CT molecular complexity index is 342. The van der Waals surface area contributed by atoms with E-state index in [-0.39, 0.29) is 5.82 Å². The molecule has 0 saturated carbocycles. The van der Waals surface area contributed by atoms with Crippen molar-refractivity contribution in [2.24, 2.45) is 5.92 Å². The summed E-state index contributed by atoms with van der Waals surface area (Å²) in [6.07, 6.45) is 2.32. The van der Waals surface area contributed by atoms with E-state index in [1.165, 1.54) is 12.5 Å². The molecule has 1 aliphatic rings. The minimum atomic E-state index is -0.144. The molecule has 0 amide bonds. The number of benzene rings is 1. The van der Waals surface area contributed by atoms with Crippen LogP contribution in [0.15, 0.2) is 24.3 Å². The third-order valence-electron chi connectivity index (χ3n) is 3.18. The van der Waals surface area contributed by atoms with Crippen LogP contribution in [0.5, 0.6) is 0 Å². The van der Waals surface area contributed by atoms with E-state index in [2.05, 4.69) is 4.90 Å². The first-order chi connectivity index (χ1) is 7.78. The first-order valence-electron chi connectivity index (χ1n) is 5.80. The minimum absolute atomic E-state index is 0.144. The van der Waals surface area contributed by atoms with E-state index in [0.717, 1.165) is 43.4 Å². The molecular formula is C13H17ClFN. The van der Waals surface area contributed by atoms with Crippen molar-refractivity contribution in [3.63, 3.8) is 0 Å². The third-order valence-corrected chi connectivity index (χ3v) is 3.40. The Morgan fingerprint density at radius 2 is 2.31 bits per heavy atom. The minimum Gasteiger partial charge on any atom is -0.299 e. The van der Waals surface area contributed by atoms with Gasteiger partial charge in [0.25, 0.3) is 0 Å². The lowest BCUT2D eigenvalue weighted by Gasteiger charge is -2.15. The molecule has 1 aromatic carbocycles. The van der Waals surface area contributed by atoms with Gasteiger partial charge in [0, 0.05) is 19.0 Å². The van der Waals surface area contributed by atoms with Crippen molar-refractivity contribution < 1.29 is 4.39 Å². The topological polar surface area (TPSA) is 3.24 Å². The van der Waals surface area contributed by atoms with E-state index in [1.807, 2.05) is 6.07 Å². The summed E-state index contributed by atoms with van der Waals surface area (Å²) >= 11 is 5.74. The molecule has 0 N–H and O–H groups in total. The van der Waals surface area contributed by atoms with Crippen LogP contribution in [0, 0.1) is 11.7 Å². The maximum atomic E-state index is 13.0. The molecule has 1 aromatic rings. The van der Waals surface area contributed by atoms with Gasteiger partial charge >= 0.3 is 0 Å². The highest BCUT2D eigenvalue weighted by atomic mass is 35.5. The van der Waals surface area contributed by atoms with Crippen LogP contribution >= 0.6 is 11.6 Å². The average molecular weight is 242 g/mol. The lowest BCUT2D eigenvalue weighted by molar-refractivity contribution is 0.315. The molecule has 3 heteroatoms. The zero-order valence-corrected chi connectivity index (χ0v) is 10.1. The van der Waals surface area contributed by atoms with Crippen molar-refractivity contribution in [1.82, 2.24) is 4.90 Å². The summed E-state index contributed by atoms with van der Waals surface area (Å²) in [5.74, 6) is 1.33. The van der Waals surface area contributed by atoms with Gasteiger partial charge in [-0.25, -0.2) is 4.39 Å². The molecule has 0 spiro atoms. The van der Waals surface area contributed by atoms with E-state index in [9.17, 15) is 4.39 Å². The fraction of sp³-hybridized carbons (Fsp3) is 0.538. The van der Waals surface area contributed by atoms with Gasteiger partial charge in [-0.1, -0.05) is 12.1 Å². The van der Waals surface area contributed by atoms with E-state index in [4.69, 9.17) is 11.6 Å². The predicted molar refractivity (Wildman–Crippen MR) is 65.1 cm³/mol. The summed E-state index contributed by atoms with van der Waals surface area (Å²) < 4.78 is 13.0. The molecule has 0 aromatic heterocycles. The Morgan fingerprint density at radius 1 is 1.44 bits per heavy atom. The summed E-state index contributed by atoms with van der Waals surface area (Å²) in [5, 5.41) is 0. The summed E-state index contributed by atoms with van der Waals surface area (Å²) in [5.41, 5.74) is 1.06. The number of hydrogen-bond acceptors (Lipinski definition) is 1. The summed E-state index contributed by atoms with van der Waals surface area (Å²) in [6, 6.07) is 6.87. The van der Waals surface area contributed by atoms with E-state index in [1.54, 1.807) is 12.1 Å². The lowest BCUT2D eigenvalue weighted by atomic mass is 10.1. The number of nitrogens with zero attached hydrogens (tertiary/aromatic N) is 1. The molecule has 1 fully saturated rings. The molecule has 1 atom stereocenters. The van der Waals surface area contributed by atoms with Gasteiger partial charge < -0.3 is 0 Å².